The number of thiazole rings is 1. The largest absolute Gasteiger partial charge is 0.493 e. The zero-order chi connectivity index (χ0) is 16.6. The van der Waals surface area contributed by atoms with Crippen LogP contribution in [-0.2, 0) is 4.74 Å². The summed E-state index contributed by atoms with van der Waals surface area (Å²) in [6, 6.07) is 1.83. The van der Waals surface area contributed by atoms with Crippen LogP contribution in [0.4, 0.5) is 0 Å². The van der Waals surface area contributed by atoms with Gasteiger partial charge in [0.05, 0.1) is 33.5 Å². The second-order valence-corrected chi connectivity index (χ2v) is 5.57. The van der Waals surface area contributed by atoms with Crippen molar-refractivity contribution in [3.63, 3.8) is 0 Å². The minimum absolute atomic E-state index is 0.272. The number of benzene rings is 1. The average Bonchev–Trinajstić information content (AvgIpc) is 3.11. The van der Waals surface area contributed by atoms with Crippen molar-refractivity contribution < 1.29 is 23.7 Å². The normalized spacial score (nSPS) is 11.0. The minimum atomic E-state index is -0.441. The number of nitrogens with zero attached hydrogens (tertiary/aromatic N) is 2. The molecule has 3 aromatic rings. The molecule has 0 spiro atoms. The zero-order valence-corrected chi connectivity index (χ0v) is 14.0. The van der Waals surface area contributed by atoms with Gasteiger partial charge in [-0.1, -0.05) is 11.3 Å². The van der Waals surface area contributed by atoms with E-state index < -0.39 is 5.97 Å². The molecule has 0 bridgehead atoms. The summed E-state index contributed by atoms with van der Waals surface area (Å²) in [5, 5.41) is 0. The van der Waals surface area contributed by atoms with Crippen LogP contribution >= 0.6 is 11.3 Å². The quantitative estimate of drug-likeness (QED) is 0.667. The van der Waals surface area contributed by atoms with Crippen LogP contribution in [0.3, 0.4) is 0 Å². The second kappa shape index (κ2) is 5.96. The van der Waals surface area contributed by atoms with Crippen molar-refractivity contribution >= 4 is 32.5 Å². The van der Waals surface area contributed by atoms with E-state index in [0.717, 1.165) is 10.2 Å². The molecule has 3 rings (SSSR count). The van der Waals surface area contributed by atoms with Gasteiger partial charge in [-0.25, -0.2) is 9.78 Å². The van der Waals surface area contributed by atoms with E-state index in [1.807, 2.05) is 10.5 Å². The van der Waals surface area contributed by atoms with Gasteiger partial charge < -0.3 is 18.9 Å². The molecule has 122 valence electrons. The lowest BCUT2D eigenvalue weighted by molar-refractivity contribution is 0.0520. The molecule has 0 unspecified atom stereocenters. The minimum Gasteiger partial charge on any atom is -0.493 e. The highest BCUT2D eigenvalue weighted by atomic mass is 32.1. The van der Waals surface area contributed by atoms with Crippen LogP contribution < -0.4 is 14.2 Å². The van der Waals surface area contributed by atoms with E-state index in [1.54, 1.807) is 34.4 Å². The molecule has 0 aliphatic heterocycles. The maximum atomic E-state index is 11.8. The highest BCUT2D eigenvalue weighted by molar-refractivity contribution is 7.24. The Bertz CT molecular complexity index is 883. The molecular formula is C15H16N2O5S. The fraction of sp³-hybridized carbons (Fsp3) is 0.333. The summed E-state index contributed by atoms with van der Waals surface area (Å²) in [5.41, 5.74) is 1.09. The van der Waals surface area contributed by atoms with Gasteiger partial charge in [-0.2, -0.15) is 0 Å². The molecular weight excluding hydrogens is 320 g/mol. The number of hydrogen-bond acceptors (Lipinski definition) is 7. The fourth-order valence-electron chi connectivity index (χ4n) is 2.40. The molecule has 0 aliphatic carbocycles. The standard InChI is InChI=1S/C15H16N2O5S/c1-5-22-14(18)8-7-17-9-6-10(19-2)11(20-3)12(21-4)13(9)23-15(17)16-8/h6-7H,5H2,1-4H3. The van der Waals surface area contributed by atoms with Gasteiger partial charge in [0, 0.05) is 12.3 Å². The molecule has 0 amide bonds. The van der Waals surface area contributed by atoms with Crippen LogP contribution in [0.15, 0.2) is 12.3 Å². The summed E-state index contributed by atoms with van der Waals surface area (Å²) in [6.45, 7) is 2.07. The summed E-state index contributed by atoms with van der Waals surface area (Å²) in [7, 11) is 4.69. The number of rotatable bonds is 5. The third kappa shape index (κ3) is 2.35. The van der Waals surface area contributed by atoms with Crippen LogP contribution in [0.2, 0.25) is 0 Å². The van der Waals surface area contributed by atoms with E-state index in [0.29, 0.717) is 28.8 Å². The number of fused-ring (bicyclic) bond motifs is 3. The Morgan fingerprint density at radius 3 is 2.57 bits per heavy atom. The Morgan fingerprint density at radius 2 is 1.96 bits per heavy atom. The van der Waals surface area contributed by atoms with Gasteiger partial charge in [-0.15, -0.1) is 0 Å². The first-order valence-corrected chi connectivity index (χ1v) is 7.73. The first kappa shape index (κ1) is 15.4. The van der Waals surface area contributed by atoms with Crippen molar-refractivity contribution in [1.82, 2.24) is 9.38 Å². The van der Waals surface area contributed by atoms with Gasteiger partial charge in [-0.05, 0) is 6.92 Å². The summed E-state index contributed by atoms with van der Waals surface area (Å²) < 4.78 is 23.9. The van der Waals surface area contributed by atoms with E-state index in [-0.39, 0.29) is 5.69 Å². The summed E-state index contributed by atoms with van der Waals surface area (Å²) in [6.07, 6.45) is 1.65. The Morgan fingerprint density at radius 1 is 1.22 bits per heavy atom. The predicted molar refractivity (Wildman–Crippen MR) is 86.2 cm³/mol. The van der Waals surface area contributed by atoms with Crippen molar-refractivity contribution in [3.05, 3.63) is 18.0 Å². The monoisotopic (exact) mass is 336 g/mol. The van der Waals surface area contributed by atoms with Gasteiger partial charge in [-0.3, -0.25) is 4.40 Å². The van der Waals surface area contributed by atoms with Crippen molar-refractivity contribution in [2.75, 3.05) is 27.9 Å². The Kier molecular flexibility index (Phi) is 3.99. The molecule has 0 saturated carbocycles. The van der Waals surface area contributed by atoms with Crippen LogP contribution in [-0.4, -0.2) is 43.3 Å². The number of hydrogen-bond donors (Lipinski definition) is 0. The topological polar surface area (TPSA) is 71.3 Å². The van der Waals surface area contributed by atoms with Gasteiger partial charge in [0.25, 0.3) is 0 Å². The molecule has 1 aromatic carbocycles. The smallest absolute Gasteiger partial charge is 0.358 e. The lowest BCUT2D eigenvalue weighted by Gasteiger charge is -2.12. The predicted octanol–water partition coefficient (Wildman–Crippen LogP) is 2.75. The van der Waals surface area contributed by atoms with Crippen LogP contribution in [0, 0.1) is 0 Å². The lowest BCUT2D eigenvalue weighted by atomic mass is 10.2. The molecule has 0 atom stereocenters. The molecule has 0 aliphatic rings. The molecule has 8 heteroatoms. The number of carbonyl (C=O) groups excluding carboxylic acids is 1. The van der Waals surface area contributed by atoms with Crippen LogP contribution in [0.5, 0.6) is 17.2 Å². The highest BCUT2D eigenvalue weighted by Crippen LogP contribution is 2.46. The van der Waals surface area contributed by atoms with E-state index in [1.165, 1.54) is 11.3 Å². The van der Waals surface area contributed by atoms with E-state index in [2.05, 4.69) is 4.98 Å². The fourth-order valence-corrected chi connectivity index (χ4v) is 3.50. The van der Waals surface area contributed by atoms with Crippen LogP contribution in [0.25, 0.3) is 15.2 Å². The maximum absolute atomic E-state index is 11.8. The van der Waals surface area contributed by atoms with Crippen molar-refractivity contribution in [3.8, 4) is 17.2 Å². The van der Waals surface area contributed by atoms with Crippen LogP contribution in [0.1, 0.15) is 17.4 Å². The van der Waals surface area contributed by atoms with Crippen molar-refractivity contribution in [1.29, 1.82) is 0 Å². The average molecular weight is 336 g/mol. The summed E-state index contributed by atoms with van der Waals surface area (Å²) in [4.78, 5) is 16.8. The molecule has 7 nitrogen and oxygen atoms in total. The first-order chi connectivity index (χ1) is 11.1. The molecule has 0 radical (unpaired) electrons. The lowest BCUT2D eigenvalue weighted by Crippen LogP contribution is -2.04. The van der Waals surface area contributed by atoms with E-state index in [9.17, 15) is 4.79 Å². The molecule has 0 fully saturated rings. The highest BCUT2D eigenvalue weighted by Gasteiger charge is 2.22. The van der Waals surface area contributed by atoms with Gasteiger partial charge in [0.2, 0.25) is 5.75 Å². The van der Waals surface area contributed by atoms with Crippen molar-refractivity contribution in [2.45, 2.75) is 6.92 Å². The van der Waals surface area contributed by atoms with Gasteiger partial charge in [0.1, 0.15) is 4.70 Å². The second-order valence-electron chi connectivity index (χ2n) is 4.59. The number of carbonyl (C=O) groups is 1. The number of aromatic nitrogens is 2. The van der Waals surface area contributed by atoms with Gasteiger partial charge >= 0.3 is 5.97 Å². The maximum Gasteiger partial charge on any atom is 0.358 e. The molecule has 0 N–H and O–H groups in total. The number of ether oxygens (including phenoxy) is 4. The van der Waals surface area contributed by atoms with Crippen molar-refractivity contribution in [2.24, 2.45) is 0 Å². The third-order valence-electron chi connectivity index (χ3n) is 3.38. The number of imidazole rings is 1. The van der Waals surface area contributed by atoms with E-state index in [4.69, 9.17) is 18.9 Å². The SMILES string of the molecule is CCOC(=O)c1cn2c(n1)sc1c(OC)c(OC)c(OC)cc12. The third-order valence-corrected chi connectivity index (χ3v) is 4.45. The molecule has 0 saturated heterocycles. The molecule has 2 aromatic heterocycles. The number of esters is 1. The van der Waals surface area contributed by atoms with Gasteiger partial charge in [0.15, 0.2) is 22.2 Å². The molecule has 23 heavy (non-hydrogen) atoms. The van der Waals surface area contributed by atoms with E-state index >= 15 is 0 Å². The Balaban J connectivity index is 2.26. The number of methoxy groups -OCH3 is 3. The summed E-state index contributed by atoms with van der Waals surface area (Å²) >= 11 is 1.40. The molecule has 2 heterocycles. The summed E-state index contributed by atoms with van der Waals surface area (Å²) in [5.74, 6) is 1.21. The first-order valence-electron chi connectivity index (χ1n) is 6.92. The Labute approximate surface area is 136 Å². The Hall–Kier alpha value is -2.48. The zero-order valence-electron chi connectivity index (χ0n) is 13.2.